The number of nitrogens with one attached hydrogen (secondary N) is 1. The van der Waals surface area contributed by atoms with Gasteiger partial charge in [-0.25, -0.2) is 0 Å². The number of ether oxygens (including phenoxy) is 1. The lowest BCUT2D eigenvalue weighted by atomic mass is 10.0. The van der Waals surface area contributed by atoms with E-state index in [1.807, 2.05) is 13.2 Å². The van der Waals surface area contributed by atoms with Crippen LogP contribution in [0.15, 0.2) is 18.2 Å². The maximum Gasteiger partial charge on any atom is 0.0605 e. The molecular weight excluding hydrogens is 272 g/mol. The molecule has 4 heteroatoms. The van der Waals surface area contributed by atoms with Gasteiger partial charge in [0.1, 0.15) is 0 Å². The molecule has 0 bridgehead atoms. The van der Waals surface area contributed by atoms with Gasteiger partial charge in [0, 0.05) is 49.1 Å². The summed E-state index contributed by atoms with van der Waals surface area (Å²) in [4.78, 5) is 2.45. The lowest BCUT2D eigenvalue weighted by molar-refractivity contribution is 0.0819. The molecule has 1 aromatic rings. The van der Waals surface area contributed by atoms with Crippen LogP contribution in [0.5, 0.6) is 0 Å². The third-order valence-corrected chi connectivity index (χ3v) is 4.71. The molecule has 2 aliphatic rings. The first-order valence-electron chi connectivity index (χ1n) is 7.56. The van der Waals surface area contributed by atoms with Crippen molar-refractivity contribution >= 4 is 17.3 Å². The summed E-state index contributed by atoms with van der Waals surface area (Å²) in [6.07, 6.45) is 5.22. The molecule has 0 amide bonds. The normalized spacial score (nSPS) is 20.4. The van der Waals surface area contributed by atoms with Crippen molar-refractivity contribution in [3.05, 3.63) is 28.8 Å². The van der Waals surface area contributed by atoms with Gasteiger partial charge in [-0.05, 0) is 37.8 Å². The van der Waals surface area contributed by atoms with Gasteiger partial charge in [0.05, 0.1) is 6.10 Å². The highest BCUT2D eigenvalue weighted by molar-refractivity contribution is 6.31. The Bertz CT molecular complexity index is 454. The molecule has 0 spiro atoms. The average molecular weight is 295 g/mol. The maximum atomic E-state index is 6.42. The van der Waals surface area contributed by atoms with E-state index in [-0.39, 0.29) is 0 Å². The fraction of sp³-hybridized carbons (Fsp3) is 0.625. The molecule has 0 unspecified atom stereocenters. The summed E-state index contributed by atoms with van der Waals surface area (Å²) >= 11 is 6.42. The topological polar surface area (TPSA) is 24.5 Å². The Labute approximate surface area is 126 Å². The largest absolute Gasteiger partial charge is 0.381 e. The zero-order valence-electron chi connectivity index (χ0n) is 12.1. The van der Waals surface area contributed by atoms with Gasteiger partial charge in [-0.3, -0.25) is 0 Å². The Morgan fingerprint density at radius 3 is 2.65 bits per heavy atom. The van der Waals surface area contributed by atoms with Crippen molar-refractivity contribution in [2.75, 3.05) is 25.1 Å². The molecule has 110 valence electrons. The van der Waals surface area contributed by atoms with Crippen molar-refractivity contribution in [2.24, 2.45) is 0 Å². The second-order valence-corrected chi connectivity index (χ2v) is 6.22. The molecular formula is C16H23ClN2O. The third kappa shape index (κ3) is 3.27. The molecule has 0 aromatic heterocycles. The maximum absolute atomic E-state index is 6.42. The average Bonchev–Trinajstić information content (AvgIpc) is 3.30. The summed E-state index contributed by atoms with van der Waals surface area (Å²) in [5.41, 5.74) is 2.54. The predicted molar refractivity (Wildman–Crippen MR) is 83.6 cm³/mol. The first kappa shape index (κ1) is 14.2. The van der Waals surface area contributed by atoms with Gasteiger partial charge in [-0.1, -0.05) is 17.7 Å². The van der Waals surface area contributed by atoms with Gasteiger partial charge < -0.3 is 15.0 Å². The second-order valence-electron chi connectivity index (χ2n) is 5.81. The molecule has 1 saturated carbocycles. The van der Waals surface area contributed by atoms with Crippen LogP contribution in [0.1, 0.15) is 31.2 Å². The van der Waals surface area contributed by atoms with Crippen molar-refractivity contribution in [2.45, 2.75) is 44.4 Å². The van der Waals surface area contributed by atoms with Crippen LogP contribution < -0.4 is 10.2 Å². The Morgan fingerprint density at radius 2 is 2.00 bits per heavy atom. The Hall–Kier alpha value is -0.770. The smallest absolute Gasteiger partial charge is 0.0605 e. The molecule has 1 aromatic carbocycles. The van der Waals surface area contributed by atoms with Crippen LogP contribution in [-0.4, -0.2) is 32.3 Å². The van der Waals surface area contributed by atoms with Gasteiger partial charge in [-0.2, -0.15) is 0 Å². The minimum absolute atomic E-state index is 0.415. The summed E-state index contributed by atoms with van der Waals surface area (Å²) in [5, 5.41) is 4.46. The molecule has 1 aliphatic carbocycles. The zero-order chi connectivity index (χ0) is 13.9. The van der Waals surface area contributed by atoms with E-state index in [9.17, 15) is 0 Å². The molecule has 1 saturated heterocycles. The highest BCUT2D eigenvalue weighted by Crippen LogP contribution is 2.31. The Balaban J connectivity index is 1.72. The fourth-order valence-electron chi connectivity index (χ4n) is 2.88. The van der Waals surface area contributed by atoms with Gasteiger partial charge in [-0.15, -0.1) is 0 Å². The first-order valence-corrected chi connectivity index (χ1v) is 7.94. The summed E-state index contributed by atoms with van der Waals surface area (Å²) in [5.74, 6) is 0. The van der Waals surface area contributed by atoms with Crippen molar-refractivity contribution in [3.8, 4) is 0 Å². The van der Waals surface area contributed by atoms with Crippen LogP contribution >= 0.6 is 11.6 Å². The van der Waals surface area contributed by atoms with E-state index in [2.05, 4.69) is 22.3 Å². The molecule has 1 heterocycles. The SMILES string of the molecule is COC1CCN(c2cccc(Cl)c2CNC2CC2)CC1. The Morgan fingerprint density at radius 1 is 1.25 bits per heavy atom. The van der Waals surface area contributed by atoms with Gasteiger partial charge in [0.25, 0.3) is 0 Å². The van der Waals surface area contributed by atoms with Crippen LogP contribution in [0.3, 0.4) is 0 Å². The van der Waals surface area contributed by atoms with Crippen molar-refractivity contribution in [3.63, 3.8) is 0 Å². The number of hydrogen-bond acceptors (Lipinski definition) is 3. The van der Waals surface area contributed by atoms with Crippen LogP contribution in [0.4, 0.5) is 5.69 Å². The molecule has 1 N–H and O–H groups in total. The molecule has 2 fully saturated rings. The minimum Gasteiger partial charge on any atom is -0.381 e. The Kier molecular flexibility index (Phi) is 4.49. The van der Waals surface area contributed by atoms with E-state index >= 15 is 0 Å². The molecule has 20 heavy (non-hydrogen) atoms. The number of piperidine rings is 1. The zero-order valence-corrected chi connectivity index (χ0v) is 12.8. The van der Waals surface area contributed by atoms with Gasteiger partial charge in [0.2, 0.25) is 0 Å². The van der Waals surface area contributed by atoms with Gasteiger partial charge >= 0.3 is 0 Å². The molecule has 3 rings (SSSR count). The van der Waals surface area contributed by atoms with Crippen molar-refractivity contribution < 1.29 is 4.74 Å². The molecule has 0 atom stereocenters. The minimum atomic E-state index is 0.415. The third-order valence-electron chi connectivity index (χ3n) is 4.35. The van der Waals surface area contributed by atoms with E-state index in [4.69, 9.17) is 16.3 Å². The molecule has 1 aliphatic heterocycles. The quantitative estimate of drug-likeness (QED) is 0.902. The van der Waals surface area contributed by atoms with Crippen molar-refractivity contribution in [1.82, 2.24) is 5.32 Å². The van der Waals surface area contributed by atoms with E-state index in [0.29, 0.717) is 12.1 Å². The fourth-order valence-corrected chi connectivity index (χ4v) is 3.12. The number of rotatable bonds is 5. The van der Waals surface area contributed by atoms with Crippen LogP contribution in [0.2, 0.25) is 5.02 Å². The second kappa shape index (κ2) is 6.33. The van der Waals surface area contributed by atoms with Crippen LogP contribution in [0.25, 0.3) is 0 Å². The first-order chi connectivity index (χ1) is 9.78. The van der Waals surface area contributed by atoms with E-state index in [0.717, 1.165) is 37.5 Å². The van der Waals surface area contributed by atoms with Crippen LogP contribution in [0, 0.1) is 0 Å². The summed E-state index contributed by atoms with van der Waals surface area (Å²) in [7, 11) is 1.81. The lowest BCUT2D eigenvalue weighted by Gasteiger charge is -2.34. The highest BCUT2D eigenvalue weighted by atomic mass is 35.5. The van der Waals surface area contributed by atoms with E-state index in [1.54, 1.807) is 0 Å². The predicted octanol–water partition coefficient (Wildman–Crippen LogP) is 3.21. The summed E-state index contributed by atoms with van der Waals surface area (Å²) in [6.45, 7) is 2.98. The summed E-state index contributed by atoms with van der Waals surface area (Å²) < 4.78 is 5.45. The van der Waals surface area contributed by atoms with Gasteiger partial charge in [0.15, 0.2) is 0 Å². The number of benzene rings is 1. The van der Waals surface area contributed by atoms with E-state index < -0.39 is 0 Å². The number of hydrogen-bond donors (Lipinski definition) is 1. The number of anilines is 1. The lowest BCUT2D eigenvalue weighted by Crippen LogP contribution is -2.37. The van der Waals surface area contributed by atoms with Crippen molar-refractivity contribution in [1.29, 1.82) is 0 Å². The standard InChI is InChI=1S/C16H23ClN2O/c1-20-13-7-9-19(10-8-13)16-4-2-3-15(17)14(16)11-18-12-5-6-12/h2-4,12-13,18H,5-11H2,1H3. The number of methoxy groups -OCH3 is 1. The number of halogens is 1. The van der Waals surface area contributed by atoms with Crippen LogP contribution in [-0.2, 0) is 11.3 Å². The number of nitrogens with zero attached hydrogens (tertiary/aromatic N) is 1. The summed E-state index contributed by atoms with van der Waals surface area (Å²) in [6, 6.07) is 6.96. The highest BCUT2D eigenvalue weighted by Gasteiger charge is 2.24. The monoisotopic (exact) mass is 294 g/mol. The molecule has 3 nitrogen and oxygen atoms in total. The molecule has 0 radical (unpaired) electrons. The van der Waals surface area contributed by atoms with E-state index in [1.165, 1.54) is 24.1 Å².